The van der Waals surface area contributed by atoms with E-state index in [9.17, 15) is 14.7 Å². The molecule has 5 nitrogen and oxygen atoms in total. The molecular formula is C26H41NO4. The van der Waals surface area contributed by atoms with Gasteiger partial charge in [0.25, 0.3) is 0 Å². The fourth-order valence-electron chi connectivity index (χ4n) is 3.62. The topological polar surface area (TPSA) is 77.8 Å². The number of aliphatic carboxylic acids is 1. The van der Waals surface area contributed by atoms with Gasteiger partial charge in [-0.2, -0.15) is 0 Å². The van der Waals surface area contributed by atoms with Gasteiger partial charge in [-0.15, -0.1) is 0 Å². The number of hydrogen-bond donors (Lipinski definition) is 2. The van der Waals surface area contributed by atoms with Gasteiger partial charge in [-0.1, -0.05) is 82.6 Å². The number of allylic oxidation sites excluding steroid dienone is 2. The molecule has 0 spiro atoms. The van der Waals surface area contributed by atoms with Crippen LogP contribution in [0.4, 0.5) is 5.69 Å². The number of carbonyl (C=O) groups is 2. The average Bonchev–Trinajstić information content (AvgIpc) is 2.75. The van der Waals surface area contributed by atoms with Gasteiger partial charge in [-0.05, 0) is 44.2 Å². The minimum absolute atomic E-state index is 0.0818. The van der Waals surface area contributed by atoms with Crippen molar-refractivity contribution in [1.29, 1.82) is 0 Å². The van der Waals surface area contributed by atoms with Gasteiger partial charge in [0, 0.05) is 6.42 Å². The van der Waals surface area contributed by atoms with Crippen LogP contribution in [0.3, 0.4) is 0 Å². The van der Waals surface area contributed by atoms with Crippen molar-refractivity contribution in [3.8, 4) is 5.75 Å². The third kappa shape index (κ3) is 12.9. The molecule has 0 aromatic heterocycles. The Balaban J connectivity index is 2.13. The minimum Gasteiger partial charge on any atom is -0.506 e. The zero-order chi connectivity index (χ0) is 22.7. The maximum Gasteiger partial charge on any atom is 0.323 e. The van der Waals surface area contributed by atoms with Crippen LogP contribution in [0.25, 0.3) is 0 Å². The second-order valence-electron chi connectivity index (χ2n) is 8.20. The second kappa shape index (κ2) is 17.4. The first-order valence-electron chi connectivity index (χ1n) is 12.0. The molecule has 0 saturated heterocycles. The maximum atomic E-state index is 12.5. The normalized spacial score (nSPS) is 11.1. The molecular weight excluding hydrogens is 390 g/mol. The quantitative estimate of drug-likeness (QED) is 0.197. The largest absolute Gasteiger partial charge is 0.506 e. The van der Waals surface area contributed by atoms with Gasteiger partial charge in [-0.3, -0.25) is 14.5 Å². The molecule has 0 atom stereocenters. The predicted octanol–water partition coefficient (Wildman–Crippen LogP) is 6.85. The zero-order valence-corrected chi connectivity index (χ0v) is 19.2. The van der Waals surface area contributed by atoms with Crippen molar-refractivity contribution in [3.05, 3.63) is 36.4 Å². The average molecular weight is 432 g/mol. The lowest BCUT2D eigenvalue weighted by atomic mass is 10.1. The lowest BCUT2D eigenvalue weighted by molar-refractivity contribution is -0.136. The molecule has 5 heteroatoms. The van der Waals surface area contributed by atoms with Crippen molar-refractivity contribution in [3.63, 3.8) is 0 Å². The summed E-state index contributed by atoms with van der Waals surface area (Å²) >= 11 is 0. The van der Waals surface area contributed by atoms with E-state index in [-0.39, 0.29) is 17.3 Å². The number of phenols is 1. The molecule has 0 aliphatic heterocycles. The van der Waals surface area contributed by atoms with Crippen LogP contribution in [0.2, 0.25) is 0 Å². The number of phenolic OH excluding ortho intramolecular Hbond substituents is 1. The highest BCUT2D eigenvalue weighted by atomic mass is 16.4. The summed E-state index contributed by atoms with van der Waals surface area (Å²) in [7, 11) is 0. The molecule has 0 radical (unpaired) electrons. The number of carboxylic acids is 1. The fraction of sp³-hybridized carbons (Fsp3) is 0.615. The molecule has 1 aromatic carbocycles. The summed E-state index contributed by atoms with van der Waals surface area (Å²) in [4.78, 5) is 24.8. The van der Waals surface area contributed by atoms with Crippen LogP contribution in [-0.4, -0.2) is 28.6 Å². The molecule has 1 rings (SSSR count). The highest BCUT2D eigenvalue weighted by Crippen LogP contribution is 2.27. The molecule has 2 N–H and O–H groups in total. The molecule has 0 saturated carbocycles. The van der Waals surface area contributed by atoms with Crippen molar-refractivity contribution in [1.82, 2.24) is 0 Å². The van der Waals surface area contributed by atoms with E-state index in [0.717, 1.165) is 37.0 Å². The van der Waals surface area contributed by atoms with Crippen molar-refractivity contribution < 1.29 is 19.8 Å². The molecule has 0 unspecified atom stereocenters. The SMILES string of the molecule is CCCCCCCCC=CCCCCCCCC(=O)N(CC(=O)O)c1ccccc1O. The van der Waals surface area contributed by atoms with Gasteiger partial charge < -0.3 is 10.2 Å². The van der Waals surface area contributed by atoms with E-state index in [4.69, 9.17) is 5.11 Å². The summed E-state index contributed by atoms with van der Waals surface area (Å²) < 4.78 is 0. The number of nitrogens with zero attached hydrogens (tertiary/aromatic N) is 1. The van der Waals surface area contributed by atoms with Crippen molar-refractivity contribution in [2.75, 3.05) is 11.4 Å². The van der Waals surface area contributed by atoms with E-state index < -0.39 is 12.5 Å². The third-order valence-electron chi connectivity index (χ3n) is 5.42. The number of carboxylic acid groups (broad SMARTS) is 1. The number of unbranched alkanes of at least 4 members (excludes halogenated alkanes) is 11. The van der Waals surface area contributed by atoms with Crippen LogP contribution in [0.1, 0.15) is 96.8 Å². The second-order valence-corrected chi connectivity index (χ2v) is 8.20. The van der Waals surface area contributed by atoms with E-state index in [1.54, 1.807) is 18.2 Å². The van der Waals surface area contributed by atoms with E-state index in [1.807, 2.05) is 0 Å². The highest BCUT2D eigenvalue weighted by molar-refractivity contribution is 5.98. The first-order chi connectivity index (χ1) is 15.1. The highest BCUT2D eigenvalue weighted by Gasteiger charge is 2.20. The molecule has 31 heavy (non-hydrogen) atoms. The Kier molecular flexibility index (Phi) is 15.0. The number of para-hydroxylation sites is 2. The van der Waals surface area contributed by atoms with Gasteiger partial charge in [-0.25, -0.2) is 0 Å². The minimum atomic E-state index is -1.10. The first-order valence-corrected chi connectivity index (χ1v) is 12.0. The van der Waals surface area contributed by atoms with Gasteiger partial charge >= 0.3 is 5.97 Å². The summed E-state index contributed by atoms with van der Waals surface area (Å²) in [5, 5.41) is 19.1. The van der Waals surface area contributed by atoms with Crippen LogP contribution in [0, 0.1) is 0 Å². The van der Waals surface area contributed by atoms with Gasteiger partial charge in [0.1, 0.15) is 12.3 Å². The van der Waals surface area contributed by atoms with Crippen molar-refractivity contribution in [2.24, 2.45) is 0 Å². The predicted molar refractivity (Wildman–Crippen MR) is 128 cm³/mol. The van der Waals surface area contributed by atoms with E-state index in [1.165, 1.54) is 57.4 Å². The Hall–Kier alpha value is -2.30. The van der Waals surface area contributed by atoms with Crippen molar-refractivity contribution in [2.45, 2.75) is 96.8 Å². The Morgan fingerprint density at radius 2 is 1.39 bits per heavy atom. The third-order valence-corrected chi connectivity index (χ3v) is 5.42. The van der Waals surface area contributed by atoms with Crippen LogP contribution < -0.4 is 4.90 Å². The maximum absolute atomic E-state index is 12.5. The number of benzene rings is 1. The van der Waals surface area contributed by atoms with E-state index >= 15 is 0 Å². The lowest BCUT2D eigenvalue weighted by Gasteiger charge is -2.21. The van der Waals surface area contributed by atoms with Crippen LogP contribution in [-0.2, 0) is 9.59 Å². The summed E-state index contributed by atoms with van der Waals surface area (Å²) in [6.07, 6.45) is 20.3. The number of carbonyl (C=O) groups excluding carboxylic acids is 1. The molecule has 174 valence electrons. The van der Waals surface area contributed by atoms with Crippen LogP contribution >= 0.6 is 0 Å². The van der Waals surface area contributed by atoms with E-state index in [2.05, 4.69) is 19.1 Å². The summed E-state index contributed by atoms with van der Waals surface area (Å²) in [6, 6.07) is 6.35. The zero-order valence-electron chi connectivity index (χ0n) is 19.2. The number of rotatable bonds is 18. The lowest BCUT2D eigenvalue weighted by Crippen LogP contribution is -2.35. The van der Waals surface area contributed by atoms with Crippen molar-refractivity contribution >= 4 is 17.6 Å². The number of anilines is 1. The first kappa shape index (κ1) is 26.7. The Morgan fingerprint density at radius 3 is 1.97 bits per heavy atom. The van der Waals surface area contributed by atoms with Crippen LogP contribution in [0.5, 0.6) is 5.75 Å². The number of hydrogen-bond acceptors (Lipinski definition) is 3. The molecule has 0 aliphatic carbocycles. The Bertz CT molecular complexity index is 657. The monoisotopic (exact) mass is 431 g/mol. The fourth-order valence-corrected chi connectivity index (χ4v) is 3.62. The molecule has 0 aliphatic rings. The summed E-state index contributed by atoms with van der Waals surface area (Å²) in [6.45, 7) is 1.80. The molecule has 1 aromatic rings. The van der Waals surface area contributed by atoms with E-state index in [0.29, 0.717) is 6.42 Å². The Morgan fingerprint density at radius 1 is 0.839 bits per heavy atom. The smallest absolute Gasteiger partial charge is 0.323 e. The number of aromatic hydroxyl groups is 1. The van der Waals surface area contributed by atoms with Crippen LogP contribution in [0.15, 0.2) is 36.4 Å². The molecule has 1 amide bonds. The Labute approximate surface area is 188 Å². The molecule has 0 heterocycles. The number of amides is 1. The standard InChI is InChI=1S/C26H41NO4/c1-2-3-4-5-6-7-8-9-10-11-12-13-14-15-16-21-25(29)27(22-26(30)31)23-19-17-18-20-24(23)28/h9-10,17-20,28H,2-8,11-16,21-22H2,1H3,(H,30,31). The summed E-state index contributed by atoms with van der Waals surface area (Å²) in [5.74, 6) is -1.44. The van der Waals surface area contributed by atoms with Gasteiger partial charge in [0.05, 0.1) is 5.69 Å². The van der Waals surface area contributed by atoms with Gasteiger partial charge in [0.15, 0.2) is 0 Å². The summed E-state index contributed by atoms with van der Waals surface area (Å²) in [5.41, 5.74) is 0.252. The van der Waals surface area contributed by atoms with Gasteiger partial charge in [0.2, 0.25) is 5.91 Å². The molecule has 0 bridgehead atoms. The molecule has 0 fully saturated rings.